The lowest BCUT2D eigenvalue weighted by Crippen LogP contribution is -2.20. The van der Waals surface area contributed by atoms with E-state index in [1.807, 2.05) is 31.2 Å². The van der Waals surface area contributed by atoms with Crippen LogP contribution in [-0.2, 0) is 4.79 Å². The lowest BCUT2D eigenvalue weighted by atomic mass is 10.2. The van der Waals surface area contributed by atoms with Crippen LogP contribution in [0.1, 0.15) is 5.69 Å². The van der Waals surface area contributed by atoms with E-state index in [4.69, 9.17) is 4.74 Å². The summed E-state index contributed by atoms with van der Waals surface area (Å²) in [5.41, 5.74) is 1.70. The van der Waals surface area contributed by atoms with Gasteiger partial charge in [0.05, 0.1) is 5.69 Å². The van der Waals surface area contributed by atoms with Crippen LogP contribution >= 0.6 is 0 Å². The molecule has 0 bridgehead atoms. The largest absolute Gasteiger partial charge is 0.481 e. The summed E-state index contributed by atoms with van der Waals surface area (Å²) in [6, 6.07) is 15.4. The third-order valence-corrected chi connectivity index (χ3v) is 3.33. The van der Waals surface area contributed by atoms with E-state index in [1.54, 1.807) is 18.2 Å². The summed E-state index contributed by atoms with van der Waals surface area (Å²) < 4.78 is 19.1. The molecule has 116 valence electrons. The summed E-state index contributed by atoms with van der Waals surface area (Å²) in [5.74, 6) is -0.391. The average molecular weight is 310 g/mol. The van der Waals surface area contributed by atoms with Crippen LogP contribution in [0.2, 0.25) is 0 Å². The summed E-state index contributed by atoms with van der Waals surface area (Å²) in [7, 11) is 0. The van der Waals surface area contributed by atoms with Gasteiger partial charge in [-0.2, -0.15) is 0 Å². The van der Waals surface area contributed by atoms with E-state index in [2.05, 4.69) is 10.3 Å². The Morgan fingerprint density at radius 1 is 1.13 bits per heavy atom. The van der Waals surface area contributed by atoms with Gasteiger partial charge in [0.15, 0.2) is 6.61 Å². The first kappa shape index (κ1) is 15.0. The zero-order valence-corrected chi connectivity index (χ0v) is 12.5. The van der Waals surface area contributed by atoms with E-state index in [-0.39, 0.29) is 12.3 Å². The Morgan fingerprint density at radius 3 is 2.78 bits per heavy atom. The lowest BCUT2D eigenvalue weighted by molar-refractivity contribution is -0.118. The minimum Gasteiger partial charge on any atom is -0.481 e. The Morgan fingerprint density at radius 2 is 1.96 bits per heavy atom. The second-order valence-electron chi connectivity index (χ2n) is 5.10. The first-order chi connectivity index (χ1) is 11.1. The topological polar surface area (TPSA) is 51.2 Å². The smallest absolute Gasteiger partial charge is 0.262 e. The van der Waals surface area contributed by atoms with Gasteiger partial charge in [-0.05, 0) is 31.2 Å². The van der Waals surface area contributed by atoms with Gasteiger partial charge in [-0.25, -0.2) is 9.37 Å². The van der Waals surface area contributed by atoms with Crippen molar-refractivity contribution in [1.29, 1.82) is 0 Å². The van der Waals surface area contributed by atoms with Crippen LogP contribution in [0.4, 0.5) is 10.1 Å². The highest BCUT2D eigenvalue weighted by Crippen LogP contribution is 2.24. The standard InChI is InChI=1S/C18H15FN2O2/c1-12-9-10-13-5-4-8-16(18(13)20-12)23-11-17(22)21-15-7-3-2-6-14(15)19/h2-10H,11H2,1H3,(H,21,22). The number of carbonyl (C=O) groups excluding carboxylic acids is 1. The Labute approximate surface area is 132 Å². The fourth-order valence-electron chi connectivity index (χ4n) is 2.23. The van der Waals surface area contributed by atoms with Crippen LogP contribution in [0.25, 0.3) is 10.9 Å². The predicted molar refractivity (Wildman–Crippen MR) is 87.0 cm³/mol. The predicted octanol–water partition coefficient (Wildman–Crippen LogP) is 3.70. The third-order valence-electron chi connectivity index (χ3n) is 3.33. The monoisotopic (exact) mass is 310 g/mol. The van der Waals surface area contributed by atoms with E-state index < -0.39 is 11.7 Å². The molecule has 1 heterocycles. The molecule has 0 aliphatic heterocycles. The number of aromatic nitrogens is 1. The summed E-state index contributed by atoms with van der Waals surface area (Å²) in [6.45, 7) is 1.67. The molecule has 0 radical (unpaired) electrons. The number of hydrogen-bond donors (Lipinski definition) is 1. The molecule has 3 rings (SSSR count). The van der Waals surface area contributed by atoms with Crippen LogP contribution in [0.5, 0.6) is 5.75 Å². The molecule has 1 amide bonds. The number of fused-ring (bicyclic) bond motifs is 1. The Bertz CT molecular complexity index is 865. The molecule has 0 atom stereocenters. The molecule has 0 spiro atoms. The quantitative estimate of drug-likeness (QED) is 0.799. The maximum Gasteiger partial charge on any atom is 0.262 e. The number of para-hydroxylation sites is 2. The van der Waals surface area contributed by atoms with Gasteiger partial charge in [-0.15, -0.1) is 0 Å². The van der Waals surface area contributed by atoms with Gasteiger partial charge in [0.1, 0.15) is 17.1 Å². The second kappa shape index (κ2) is 6.44. The molecular weight excluding hydrogens is 295 g/mol. The third kappa shape index (κ3) is 3.45. The summed E-state index contributed by atoms with van der Waals surface area (Å²) >= 11 is 0. The molecular formula is C18H15FN2O2. The minimum atomic E-state index is -0.483. The molecule has 0 aliphatic carbocycles. The second-order valence-corrected chi connectivity index (χ2v) is 5.10. The number of anilines is 1. The van der Waals surface area contributed by atoms with E-state index in [0.29, 0.717) is 11.3 Å². The van der Waals surface area contributed by atoms with E-state index in [1.165, 1.54) is 12.1 Å². The van der Waals surface area contributed by atoms with Crippen molar-refractivity contribution in [2.45, 2.75) is 6.92 Å². The number of halogens is 1. The molecule has 5 heteroatoms. The minimum absolute atomic E-state index is 0.132. The van der Waals surface area contributed by atoms with Gasteiger partial charge in [0.2, 0.25) is 0 Å². The first-order valence-corrected chi connectivity index (χ1v) is 7.17. The van der Waals surface area contributed by atoms with Crippen LogP contribution in [0.3, 0.4) is 0 Å². The summed E-state index contributed by atoms with van der Waals surface area (Å²) in [6.07, 6.45) is 0. The number of nitrogens with zero attached hydrogens (tertiary/aromatic N) is 1. The summed E-state index contributed by atoms with van der Waals surface area (Å²) in [5, 5.41) is 3.41. The Kier molecular flexibility index (Phi) is 4.19. The lowest BCUT2D eigenvalue weighted by Gasteiger charge is -2.10. The number of amides is 1. The van der Waals surface area contributed by atoms with Crippen molar-refractivity contribution in [1.82, 2.24) is 4.98 Å². The maximum absolute atomic E-state index is 13.5. The SMILES string of the molecule is Cc1ccc2cccc(OCC(=O)Nc3ccccc3F)c2n1. The van der Waals surface area contributed by atoms with E-state index >= 15 is 0 Å². The zero-order valence-electron chi connectivity index (χ0n) is 12.5. The number of pyridine rings is 1. The Balaban J connectivity index is 1.72. The average Bonchev–Trinajstić information content (AvgIpc) is 2.55. The van der Waals surface area contributed by atoms with Crippen molar-refractivity contribution in [2.75, 3.05) is 11.9 Å². The normalized spacial score (nSPS) is 10.5. The number of benzene rings is 2. The number of carbonyl (C=O) groups is 1. The van der Waals surface area contributed by atoms with Crippen molar-refractivity contribution in [3.63, 3.8) is 0 Å². The maximum atomic E-state index is 13.5. The molecule has 1 aromatic heterocycles. The highest BCUT2D eigenvalue weighted by atomic mass is 19.1. The van der Waals surface area contributed by atoms with Crippen molar-refractivity contribution >= 4 is 22.5 Å². The van der Waals surface area contributed by atoms with Crippen LogP contribution in [0, 0.1) is 12.7 Å². The molecule has 0 fully saturated rings. The Hall–Kier alpha value is -2.95. The molecule has 23 heavy (non-hydrogen) atoms. The van der Waals surface area contributed by atoms with Gasteiger partial charge >= 0.3 is 0 Å². The van der Waals surface area contributed by atoms with Crippen LogP contribution in [0.15, 0.2) is 54.6 Å². The number of aryl methyl sites for hydroxylation is 1. The van der Waals surface area contributed by atoms with Gasteiger partial charge in [-0.1, -0.05) is 30.3 Å². The number of hydrogen-bond acceptors (Lipinski definition) is 3. The van der Waals surface area contributed by atoms with Crippen molar-refractivity contribution in [2.24, 2.45) is 0 Å². The van der Waals surface area contributed by atoms with Crippen molar-refractivity contribution in [3.05, 3.63) is 66.1 Å². The molecule has 1 N–H and O–H groups in total. The molecule has 4 nitrogen and oxygen atoms in total. The van der Waals surface area contributed by atoms with Gasteiger partial charge in [0, 0.05) is 11.1 Å². The fourth-order valence-corrected chi connectivity index (χ4v) is 2.23. The number of ether oxygens (including phenoxy) is 1. The van der Waals surface area contributed by atoms with Crippen LogP contribution < -0.4 is 10.1 Å². The fraction of sp³-hybridized carbons (Fsp3) is 0.111. The van der Waals surface area contributed by atoms with E-state index in [0.717, 1.165) is 11.1 Å². The van der Waals surface area contributed by atoms with Gasteiger partial charge in [-0.3, -0.25) is 4.79 Å². The number of nitrogens with one attached hydrogen (secondary N) is 1. The zero-order chi connectivity index (χ0) is 16.2. The molecule has 0 saturated heterocycles. The van der Waals surface area contributed by atoms with Crippen LogP contribution in [-0.4, -0.2) is 17.5 Å². The number of rotatable bonds is 4. The summed E-state index contributed by atoms with van der Waals surface area (Å²) in [4.78, 5) is 16.4. The highest BCUT2D eigenvalue weighted by molar-refractivity contribution is 5.92. The molecule has 2 aromatic carbocycles. The van der Waals surface area contributed by atoms with E-state index in [9.17, 15) is 9.18 Å². The molecule has 0 aliphatic rings. The van der Waals surface area contributed by atoms with Crippen molar-refractivity contribution < 1.29 is 13.9 Å². The molecule has 0 saturated carbocycles. The molecule has 0 unspecified atom stereocenters. The highest BCUT2D eigenvalue weighted by Gasteiger charge is 2.09. The van der Waals surface area contributed by atoms with Gasteiger partial charge in [0.25, 0.3) is 5.91 Å². The van der Waals surface area contributed by atoms with Gasteiger partial charge < -0.3 is 10.1 Å². The molecule has 3 aromatic rings. The van der Waals surface area contributed by atoms with Crippen molar-refractivity contribution in [3.8, 4) is 5.75 Å². The first-order valence-electron chi connectivity index (χ1n) is 7.17.